The van der Waals surface area contributed by atoms with Crippen LogP contribution in [0.15, 0.2) is 36.4 Å². The van der Waals surface area contributed by atoms with Gasteiger partial charge in [-0.3, -0.25) is 4.79 Å². The summed E-state index contributed by atoms with van der Waals surface area (Å²) in [4.78, 5) is 16.1. The minimum Gasteiger partial charge on any atom is -0.481 e. The zero-order valence-electron chi connectivity index (χ0n) is 20.2. The number of fused-ring (bicyclic) bond motifs is 1. The van der Waals surface area contributed by atoms with Gasteiger partial charge in [-0.15, -0.1) is 13.2 Å². The van der Waals surface area contributed by atoms with E-state index in [1.54, 1.807) is 0 Å². The van der Waals surface area contributed by atoms with Gasteiger partial charge in [0.25, 0.3) is 0 Å². The number of rotatable bonds is 6. The Bertz CT molecular complexity index is 1230. The van der Waals surface area contributed by atoms with Gasteiger partial charge in [-0.05, 0) is 85.0 Å². The van der Waals surface area contributed by atoms with Crippen LogP contribution < -0.4 is 10.1 Å². The second kappa shape index (κ2) is 9.09. The van der Waals surface area contributed by atoms with Crippen LogP contribution in [0.3, 0.4) is 0 Å². The maximum absolute atomic E-state index is 12.5. The molecule has 0 amide bonds. The molecule has 4 rings (SSSR count). The Kier molecular flexibility index (Phi) is 6.46. The van der Waals surface area contributed by atoms with Crippen molar-refractivity contribution in [3.8, 4) is 5.75 Å². The third-order valence-corrected chi connectivity index (χ3v) is 6.56. The minimum atomic E-state index is -4.75. The summed E-state index contributed by atoms with van der Waals surface area (Å²) in [7, 11) is 0. The van der Waals surface area contributed by atoms with Gasteiger partial charge < -0.3 is 19.7 Å². The van der Waals surface area contributed by atoms with Gasteiger partial charge in [-0.2, -0.15) is 0 Å². The largest absolute Gasteiger partial charge is 0.573 e. The summed E-state index contributed by atoms with van der Waals surface area (Å²) >= 11 is 0. The lowest BCUT2D eigenvalue weighted by molar-refractivity contribution is -0.274. The predicted molar refractivity (Wildman–Crippen MR) is 128 cm³/mol. The fourth-order valence-electron chi connectivity index (χ4n) is 5.46. The number of aromatic nitrogens is 2. The number of anilines is 2. The van der Waals surface area contributed by atoms with E-state index in [1.807, 2.05) is 19.1 Å². The number of nitrogens with one attached hydrogen (secondary N) is 1. The van der Waals surface area contributed by atoms with Crippen molar-refractivity contribution in [2.45, 2.75) is 65.8 Å². The van der Waals surface area contributed by atoms with Crippen molar-refractivity contribution in [2.24, 2.45) is 11.3 Å². The number of benzene rings is 2. The number of nitrogens with zero attached hydrogens (tertiary/aromatic N) is 2. The molecule has 2 unspecified atom stereocenters. The maximum atomic E-state index is 12.5. The fraction of sp³-hybridized carbons (Fsp3) is 0.462. The third-order valence-electron chi connectivity index (χ3n) is 6.56. The van der Waals surface area contributed by atoms with Crippen LogP contribution in [0.1, 0.15) is 57.2 Å². The van der Waals surface area contributed by atoms with Gasteiger partial charge in [0.2, 0.25) is 5.95 Å². The molecule has 2 aromatic carbocycles. The molecule has 1 aliphatic rings. The second-order valence-corrected chi connectivity index (χ2v) is 10.4. The van der Waals surface area contributed by atoms with Crippen LogP contribution in [0.4, 0.5) is 24.8 Å². The molecule has 2 atom stereocenters. The molecule has 6 nitrogen and oxygen atoms in total. The average Bonchev–Trinajstić information content (AvgIpc) is 3.03. The SMILES string of the molecule is Cc1cc2c(cc1CC(=O)O)nc(Nc1ccc(OC(F)(F)F)cc1)n2C1CC(C)CC(C)(C)C1. The molecular weight excluding hydrogens is 459 g/mol. The van der Waals surface area contributed by atoms with Crippen LogP contribution in [0, 0.1) is 18.3 Å². The van der Waals surface area contributed by atoms with Gasteiger partial charge in [0.1, 0.15) is 5.75 Å². The Labute approximate surface area is 202 Å². The first-order chi connectivity index (χ1) is 16.3. The van der Waals surface area contributed by atoms with E-state index in [2.05, 4.69) is 35.4 Å². The lowest BCUT2D eigenvalue weighted by atomic mass is 9.70. The van der Waals surface area contributed by atoms with Crippen molar-refractivity contribution >= 4 is 28.6 Å². The molecule has 0 spiro atoms. The number of carboxylic acids is 1. The number of aliphatic carboxylic acids is 1. The van der Waals surface area contributed by atoms with E-state index in [9.17, 15) is 23.1 Å². The van der Waals surface area contributed by atoms with Gasteiger partial charge in [-0.1, -0.05) is 20.8 Å². The number of hydrogen-bond acceptors (Lipinski definition) is 4. The lowest BCUT2D eigenvalue weighted by Gasteiger charge is -2.40. The summed E-state index contributed by atoms with van der Waals surface area (Å²) < 4.78 is 43.7. The van der Waals surface area contributed by atoms with Crippen molar-refractivity contribution < 1.29 is 27.8 Å². The molecule has 9 heteroatoms. The zero-order chi connectivity index (χ0) is 25.5. The molecule has 2 N–H and O–H groups in total. The Morgan fingerprint density at radius 2 is 1.91 bits per heavy atom. The van der Waals surface area contributed by atoms with Crippen molar-refractivity contribution in [2.75, 3.05) is 5.32 Å². The van der Waals surface area contributed by atoms with Gasteiger partial charge >= 0.3 is 12.3 Å². The third kappa shape index (κ3) is 5.89. The summed E-state index contributed by atoms with van der Waals surface area (Å²) in [5.74, 6) is -0.117. The molecule has 188 valence electrons. The molecule has 1 saturated carbocycles. The molecule has 0 aliphatic heterocycles. The molecule has 1 aliphatic carbocycles. The molecule has 1 fully saturated rings. The van der Waals surface area contributed by atoms with Crippen LogP contribution in [-0.4, -0.2) is 27.0 Å². The second-order valence-electron chi connectivity index (χ2n) is 10.4. The van der Waals surface area contributed by atoms with Gasteiger partial charge in [-0.25, -0.2) is 4.98 Å². The summed E-state index contributed by atoms with van der Waals surface area (Å²) in [6.07, 6.45) is -1.80. The number of ether oxygens (including phenoxy) is 1. The Balaban J connectivity index is 1.76. The quantitative estimate of drug-likeness (QED) is 0.390. The maximum Gasteiger partial charge on any atom is 0.573 e. The standard InChI is InChI=1S/C26H30F3N3O3/c1-15-9-19(14-25(3,4)13-15)32-22-10-16(2)17(12-23(33)34)11-21(22)31-24(32)30-18-5-7-20(8-6-18)35-26(27,28)29/h5-8,10-11,15,19H,9,12-14H2,1-4H3,(H,30,31)(H,33,34). The summed E-state index contributed by atoms with van der Waals surface area (Å²) in [5.41, 5.74) is 3.89. The molecule has 0 radical (unpaired) electrons. The highest BCUT2D eigenvalue weighted by Gasteiger charge is 2.35. The highest BCUT2D eigenvalue weighted by Crippen LogP contribution is 2.46. The molecule has 0 saturated heterocycles. The minimum absolute atomic E-state index is 0.0917. The molecule has 1 heterocycles. The van der Waals surface area contributed by atoms with E-state index in [0.717, 1.165) is 30.3 Å². The highest BCUT2D eigenvalue weighted by molar-refractivity contribution is 5.83. The van der Waals surface area contributed by atoms with Crippen LogP contribution in [0.25, 0.3) is 11.0 Å². The summed E-state index contributed by atoms with van der Waals surface area (Å²) in [6.45, 7) is 8.67. The fourth-order valence-corrected chi connectivity index (χ4v) is 5.46. The Hall–Kier alpha value is -3.23. The van der Waals surface area contributed by atoms with E-state index < -0.39 is 12.3 Å². The van der Waals surface area contributed by atoms with Crippen molar-refractivity contribution in [3.05, 3.63) is 47.5 Å². The van der Waals surface area contributed by atoms with E-state index in [0.29, 0.717) is 28.6 Å². The first kappa shape index (κ1) is 24.9. The number of halogens is 3. The topological polar surface area (TPSA) is 76.4 Å². The van der Waals surface area contributed by atoms with E-state index >= 15 is 0 Å². The van der Waals surface area contributed by atoms with Crippen LogP contribution in [0.2, 0.25) is 0 Å². The van der Waals surface area contributed by atoms with E-state index in [-0.39, 0.29) is 23.6 Å². The Morgan fingerprint density at radius 3 is 2.51 bits per heavy atom. The molecule has 1 aromatic heterocycles. The van der Waals surface area contributed by atoms with Gasteiger partial charge in [0.05, 0.1) is 17.5 Å². The average molecular weight is 490 g/mol. The number of carboxylic acid groups (broad SMARTS) is 1. The summed E-state index contributed by atoms with van der Waals surface area (Å²) in [6, 6.07) is 9.50. The van der Waals surface area contributed by atoms with E-state index in [4.69, 9.17) is 4.98 Å². The van der Waals surface area contributed by atoms with E-state index in [1.165, 1.54) is 24.3 Å². The molecular formula is C26H30F3N3O3. The van der Waals surface area contributed by atoms with Crippen molar-refractivity contribution in [3.63, 3.8) is 0 Å². The zero-order valence-corrected chi connectivity index (χ0v) is 20.2. The van der Waals surface area contributed by atoms with Gasteiger partial charge in [0, 0.05) is 11.7 Å². The molecule has 0 bridgehead atoms. The monoisotopic (exact) mass is 489 g/mol. The summed E-state index contributed by atoms with van der Waals surface area (Å²) in [5, 5.41) is 12.6. The van der Waals surface area contributed by atoms with Crippen LogP contribution in [0.5, 0.6) is 5.75 Å². The molecule has 3 aromatic rings. The van der Waals surface area contributed by atoms with Gasteiger partial charge in [0.15, 0.2) is 0 Å². The number of alkyl halides is 3. The normalized spacial score (nSPS) is 20.1. The first-order valence-corrected chi connectivity index (χ1v) is 11.7. The van der Waals surface area contributed by atoms with Crippen LogP contribution in [-0.2, 0) is 11.2 Å². The number of aryl methyl sites for hydroxylation is 1. The number of imidazole rings is 1. The lowest BCUT2D eigenvalue weighted by Crippen LogP contribution is -2.29. The number of carbonyl (C=O) groups is 1. The predicted octanol–water partition coefficient (Wildman–Crippen LogP) is 7.00. The van der Waals surface area contributed by atoms with Crippen LogP contribution >= 0.6 is 0 Å². The molecule has 35 heavy (non-hydrogen) atoms. The Morgan fingerprint density at radius 1 is 1.23 bits per heavy atom. The number of hydrogen-bond donors (Lipinski definition) is 2. The smallest absolute Gasteiger partial charge is 0.481 e. The highest BCUT2D eigenvalue weighted by atomic mass is 19.4. The first-order valence-electron chi connectivity index (χ1n) is 11.7. The van der Waals surface area contributed by atoms with Crippen molar-refractivity contribution in [1.82, 2.24) is 9.55 Å². The van der Waals surface area contributed by atoms with Crippen molar-refractivity contribution in [1.29, 1.82) is 0 Å².